The third-order valence-corrected chi connectivity index (χ3v) is 3.74. The van der Waals surface area contributed by atoms with Gasteiger partial charge in [-0.15, -0.1) is 0 Å². The molecule has 0 aromatic rings. The fourth-order valence-corrected chi connectivity index (χ4v) is 2.30. The summed E-state index contributed by atoms with van der Waals surface area (Å²) in [5.74, 6) is 0. The van der Waals surface area contributed by atoms with Gasteiger partial charge in [0, 0.05) is 7.11 Å². The molecule has 0 aliphatic carbocycles. The van der Waals surface area contributed by atoms with Crippen molar-refractivity contribution in [1.29, 1.82) is 0 Å². The highest BCUT2D eigenvalue weighted by atomic mass is 28.2. The molecule has 0 heterocycles. The Morgan fingerprint density at radius 3 is 2.50 bits per heavy atom. The predicted molar refractivity (Wildman–Crippen MR) is 49.1 cm³/mol. The normalized spacial score (nSPS) is 14.7. The van der Waals surface area contributed by atoms with Gasteiger partial charge in [0.15, 0.2) is 9.76 Å². The highest BCUT2D eigenvalue weighted by Gasteiger charge is 2.04. The molecule has 0 radical (unpaired) electrons. The Morgan fingerprint density at radius 1 is 1.40 bits per heavy atom. The van der Waals surface area contributed by atoms with Crippen molar-refractivity contribution in [3.05, 3.63) is 0 Å². The molecule has 0 saturated heterocycles. The van der Waals surface area contributed by atoms with Crippen LogP contribution in [0.4, 0.5) is 0 Å². The third kappa shape index (κ3) is 5.00. The average Bonchev–Trinajstić information content (AvgIpc) is 1.98. The summed E-state index contributed by atoms with van der Waals surface area (Å²) in [7, 11) is 1.66. The molecular formula is C8H20OSi. The topological polar surface area (TPSA) is 9.23 Å². The molecule has 1 unspecified atom stereocenters. The quantitative estimate of drug-likeness (QED) is 0.541. The Hall–Kier alpha value is 0.177. The van der Waals surface area contributed by atoms with Gasteiger partial charge in [0.25, 0.3) is 0 Å². The Morgan fingerprint density at radius 2 is 2.10 bits per heavy atom. The minimum Gasteiger partial charge on any atom is -0.427 e. The van der Waals surface area contributed by atoms with E-state index in [2.05, 4.69) is 13.8 Å². The number of hydrogen-bond acceptors (Lipinski definition) is 1. The molecule has 0 fully saturated rings. The van der Waals surface area contributed by atoms with Gasteiger partial charge in [-0.3, -0.25) is 0 Å². The average molecular weight is 160 g/mol. The van der Waals surface area contributed by atoms with Gasteiger partial charge >= 0.3 is 0 Å². The fraction of sp³-hybridized carbons (Fsp3) is 1.00. The molecular weight excluding hydrogens is 140 g/mol. The van der Waals surface area contributed by atoms with Crippen LogP contribution in [0.2, 0.25) is 5.54 Å². The van der Waals surface area contributed by atoms with Crippen molar-refractivity contribution < 1.29 is 4.43 Å². The molecule has 0 saturated carbocycles. The molecule has 0 rings (SSSR count). The summed E-state index contributed by atoms with van der Waals surface area (Å²) in [6, 6.07) is 0. The zero-order valence-corrected chi connectivity index (χ0v) is 8.94. The summed E-state index contributed by atoms with van der Waals surface area (Å²) >= 11 is 0. The zero-order valence-electron chi connectivity index (χ0n) is 7.52. The van der Waals surface area contributed by atoms with Crippen molar-refractivity contribution in [2.45, 2.75) is 45.1 Å². The van der Waals surface area contributed by atoms with Crippen LogP contribution in [-0.2, 0) is 4.43 Å². The first-order chi connectivity index (χ1) is 4.85. The minimum atomic E-state index is -0.185. The van der Waals surface area contributed by atoms with Gasteiger partial charge in [0.1, 0.15) is 0 Å². The van der Waals surface area contributed by atoms with Gasteiger partial charge in [-0.05, 0) is 5.54 Å². The Kier molecular flexibility index (Phi) is 7.41. The van der Waals surface area contributed by atoms with Crippen molar-refractivity contribution in [3.8, 4) is 0 Å². The molecule has 2 heteroatoms. The van der Waals surface area contributed by atoms with Gasteiger partial charge in [0.2, 0.25) is 0 Å². The second-order valence-corrected chi connectivity index (χ2v) is 4.94. The lowest BCUT2D eigenvalue weighted by molar-refractivity contribution is 0.422. The maximum absolute atomic E-state index is 5.23. The van der Waals surface area contributed by atoms with E-state index in [9.17, 15) is 0 Å². The van der Waals surface area contributed by atoms with Crippen LogP contribution in [0.5, 0.6) is 0 Å². The van der Waals surface area contributed by atoms with E-state index < -0.39 is 0 Å². The Balaban J connectivity index is 3.21. The highest BCUT2D eigenvalue weighted by molar-refractivity contribution is 6.29. The van der Waals surface area contributed by atoms with Gasteiger partial charge < -0.3 is 4.43 Å². The second kappa shape index (κ2) is 7.29. The van der Waals surface area contributed by atoms with Gasteiger partial charge in [-0.25, -0.2) is 0 Å². The van der Waals surface area contributed by atoms with E-state index in [-0.39, 0.29) is 9.76 Å². The van der Waals surface area contributed by atoms with Crippen molar-refractivity contribution in [2.75, 3.05) is 7.11 Å². The van der Waals surface area contributed by atoms with E-state index in [0.717, 1.165) is 5.54 Å². The third-order valence-electron chi connectivity index (χ3n) is 1.95. The summed E-state index contributed by atoms with van der Waals surface area (Å²) in [5, 5.41) is 0. The molecule has 62 valence electrons. The first kappa shape index (κ1) is 10.2. The van der Waals surface area contributed by atoms with Crippen LogP contribution < -0.4 is 0 Å². The molecule has 0 aromatic carbocycles. The molecule has 1 atom stereocenters. The molecule has 0 amide bonds. The van der Waals surface area contributed by atoms with E-state index in [1.807, 2.05) is 7.11 Å². The summed E-state index contributed by atoms with van der Waals surface area (Å²) in [6.07, 6.45) is 5.43. The Labute approximate surface area is 67.1 Å². The van der Waals surface area contributed by atoms with Crippen LogP contribution in [0.3, 0.4) is 0 Å². The van der Waals surface area contributed by atoms with Gasteiger partial charge in [-0.2, -0.15) is 0 Å². The molecule has 1 nitrogen and oxygen atoms in total. The van der Waals surface area contributed by atoms with Crippen molar-refractivity contribution >= 4 is 9.76 Å². The molecule has 0 bridgehead atoms. The largest absolute Gasteiger partial charge is 0.427 e. The summed E-state index contributed by atoms with van der Waals surface area (Å²) in [6.45, 7) is 4.52. The highest BCUT2D eigenvalue weighted by Crippen LogP contribution is 2.16. The molecule has 10 heavy (non-hydrogen) atoms. The minimum absolute atomic E-state index is 0.185. The van der Waals surface area contributed by atoms with Crippen molar-refractivity contribution in [1.82, 2.24) is 0 Å². The van der Waals surface area contributed by atoms with E-state index in [0.29, 0.717) is 0 Å². The SMILES string of the molecule is CCCCC(CC)[SiH2]OC. The molecule has 0 N–H and O–H groups in total. The summed E-state index contributed by atoms with van der Waals surface area (Å²) in [4.78, 5) is 0. The van der Waals surface area contributed by atoms with Crippen LogP contribution in [0.1, 0.15) is 39.5 Å². The zero-order chi connectivity index (χ0) is 7.82. The number of unbranched alkanes of at least 4 members (excludes halogenated alkanes) is 1. The lowest BCUT2D eigenvalue weighted by Gasteiger charge is -2.10. The van der Waals surface area contributed by atoms with Crippen molar-refractivity contribution in [3.63, 3.8) is 0 Å². The van der Waals surface area contributed by atoms with Crippen LogP contribution in [0.25, 0.3) is 0 Å². The lowest BCUT2D eigenvalue weighted by Crippen LogP contribution is -2.04. The molecule has 0 aliphatic rings. The first-order valence-electron chi connectivity index (χ1n) is 4.34. The van der Waals surface area contributed by atoms with Crippen LogP contribution in [0.15, 0.2) is 0 Å². The van der Waals surface area contributed by atoms with Gasteiger partial charge in [-0.1, -0.05) is 39.5 Å². The molecule has 0 aliphatic heterocycles. The monoisotopic (exact) mass is 160 g/mol. The lowest BCUT2D eigenvalue weighted by atomic mass is 10.2. The standard InChI is InChI=1S/C8H20OSi/c1-4-6-7-8(5-2)10-9-3/h8H,4-7,10H2,1-3H3. The smallest absolute Gasteiger partial charge is 0.164 e. The Bertz CT molecular complexity index is 66.3. The van der Waals surface area contributed by atoms with Crippen LogP contribution in [-0.4, -0.2) is 16.9 Å². The molecule has 0 spiro atoms. The van der Waals surface area contributed by atoms with Crippen LogP contribution in [0, 0.1) is 0 Å². The van der Waals surface area contributed by atoms with E-state index in [1.54, 1.807) is 0 Å². The fourth-order valence-electron chi connectivity index (χ4n) is 1.13. The van der Waals surface area contributed by atoms with Gasteiger partial charge in [0.05, 0.1) is 0 Å². The second-order valence-electron chi connectivity index (χ2n) is 2.87. The maximum Gasteiger partial charge on any atom is 0.164 e. The van der Waals surface area contributed by atoms with Crippen LogP contribution >= 0.6 is 0 Å². The maximum atomic E-state index is 5.23. The summed E-state index contributed by atoms with van der Waals surface area (Å²) in [5.41, 5.74) is 0.935. The van der Waals surface area contributed by atoms with E-state index in [1.165, 1.54) is 25.7 Å². The summed E-state index contributed by atoms with van der Waals surface area (Å²) < 4.78 is 5.23. The molecule has 0 aromatic heterocycles. The number of hydrogen-bond donors (Lipinski definition) is 0. The predicted octanol–water partition coefficient (Wildman–Crippen LogP) is 2.11. The van der Waals surface area contributed by atoms with Crippen molar-refractivity contribution in [2.24, 2.45) is 0 Å². The van der Waals surface area contributed by atoms with E-state index >= 15 is 0 Å². The first-order valence-corrected chi connectivity index (χ1v) is 5.73. The number of rotatable bonds is 6. The van der Waals surface area contributed by atoms with E-state index in [4.69, 9.17) is 4.43 Å².